The highest BCUT2D eigenvalue weighted by molar-refractivity contribution is 4.81. The van der Waals surface area contributed by atoms with Crippen molar-refractivity contribution in [3.8, 4) is 0 Å². The van der Waals surface area contributed by atoms with Crippen LogP contribution in [-0.4, -0.2) is 31.0 Å². The summed E-state index contributed by atoms with van der Waals surface area (Å²) in [7, 11) is 1.88. The van der Waals surface area contributed by atoms with Crippen molar-refractivity contribution in [2.75, 3.05) is 20.1 Å². The standard InChI is InChI=1S/C7H13F2N.2C2H6/c1-6-5-10(2)4-3-7(6,8)9;2*1-2/h6H,3-5H2,1-2H3;2*1-2H3. The number of nitrogens with zero attached hydrogens (tertiary/aromatic N) is 1. The van der Waals surface area contributed by atoms with Crippen molar-refractivity contribution in [2.45, 2.75) is 47.0 Å². The minimum Gasteiger partial charge on any atom is -0.306 e. The molecule has 0 aromatic heterocycles. The molecular weight excluding hydrogens is 184 g/mol. The van der Waals surface area contributed by atoms with Crippen molar-refractivity contribution in [1.82, 2.24) is 4.90 Å². The van der Waals surface area contributed by atoms with Crippen molar-refractivity contribution in [3.05, 3.63) is 0 Å². The molecule has 1 atom stereocenters. The Hall–Kier alpha value is -0.180. The number of piperidine rings is 1. The molecular formula is C11H25F2N. The van der Waals surface area contributed by atoms with Crippen LogP contribution in [0.25, 0.3) is 0 Å². The lowest BCUT2D eigenvalue weighted by atomic mass is 9.96. The van der Waals surface area contributed by atoms with Crippen molar-refractivity contribution in [2.24, 2.45) is 5.92 Å². The van der Waals surface area contributed by atoms with Gasteiger partial charge >= 0.3 is 0 Å². The summed E-state index contributed by atoms with van der Waals surface area (Å²) in [5.74, 6) is -2.90. The summed E-state index contributed by atoms with van der Waals surface area (Å²) in [5, 5.41) is 0. The zero-order chi connectivity index (χ0) is 11.8. The first-order valence-corrected chi connectivity index (χ1v) is 5.59. The Bertz CT molecular complexity index is 126. The molecule has 1 unspecified atom stereocenters. The van der Waals surface area contributed by atoms with Crippen molar-refractivity contribution < 1.29 is 8.78 Å². The molecule has 88 valence electrons. The Morgan fingerprint density at radius 1 is 1.14 bits per heavy atom. The first kappa shape index (κ1) is 16.3. The molecule has 0 spiro atoms. The normalized spacial score (nSPS) is 25.3. The van der Waals surface area contributed by atoms with Gasteiger partial charge in [-0.15, -0.1) is 0 Å². The molecule has 0 aromatic carbocycles. The molecule has 0 amide bonds. The number of halogens is 2. The number of alkyl halides is 2. The highest BCUT2D eigenvalue weighted by atomic mass is 19.3. The number of hydrogen-bond acceptors (Lipinski definition) is 1. The third-order valence-corrected chi connectivity index (χ3v) is 2.13. The summed E-state index contributed by atoms with van der Waals surface area (Å²) >= 11 is 0. The van der Waals surface area contributed by atoms with E-state index in [0.717, 1.165) is 0 Å². The maximum atomic E-state index is 12.7. The summed E-state index contributed by atoms with van der Waals surface area (Å²) in [6.45, 7) is 10.7. The molecule has 0 radical (unpaired) electrons. The van der Waals surface area contributed by atoms with Gasteiger partial charge in [-0.25, -0.2) is 8.78 Å². The van der Waals surface area contributed by atoms with E-state index in [9.17, 15) is 8.78 Å². The molecule has 1 saturated heterocycles. The van der Waals surface area contributed by atoms with Crippen molar-refractivity contribution >= 4 is 0 Å². The summed E-state index contributed by atoms with van der Waals surface area (Å²) < 4.78 is 25.5. The summed E-state index contributed by atoms with van der Waals surface area (Å²) in [6, 6.07) is 0. The smallest absolute Gasteiger partial charge is 0.253 e. The molecule has 0 bridgehead atoms. The van der Waals surface area contributed by atoms with Crippen LogP contribution in [0.2, 0.25) is 0 Å². The Morgan fingerprint density at radius 3 is 1.86 bits per heavy atom. The van der Waals surface area contributed by atoms with Crippen LogP contribution in [0.1, 0.15) is 41.0 Å². The zero-order valence-electron chi connectivity index (χ0n) is 10.4. The topological polar surface area (TPSA) is 3.24 Å². The Balaban J connectivity index is 0. The largest absolute Gasteiger partial charge is 0.306 e. The van der Waals surface area contributed by atoms with Crippen LogP contribution in [0, 0.1) is 5.92 Å². The maximum absolute atomic E-state index is 12.7. The molecule has 0 aromatic rings. The average Bonchev–Trinajstić information content (AvgIpc) is 2.19. The summed E-state index contributed by atoms with van der Waals surface area (Å²) in [4.78, 5) is 1.95. The summed E-state index contributed by atoms with van der Waals surface area (Å²) in [6.07, 6.45) is 0.0185. The second kappa shape index (κ2) is 8.16. The number of likely N-dealkylation sites (tertiary alicyclic amines) is 1. The second-order valence-corrected chi connectivity index (χ2v) is 3.17. The SMILES string of the molecule is CC.CC.CC1CN(C)CCC1(F)F. The molecule has 1 aliphatic heterocycles. The van der Waals surface area contributed by atoms with Gasteiger partial charge in [0.15, 0.2) is 0 Å². The number of hydrogen-bond donors (Lipinski definition) is 0. The van der Waals surface area contributed by atoms with E-state index in [4.69, 9.17) is 0 Å². The van der Waals surface area contributed by atoms with E-state index < -0.39 is 11.8 Å². The van der Waals surface area contributed by atoms with E-state index in [1.165, 1.54) is 0 Å². The monoisotopic (exact) mass is 209 g/mol. The van der Waals surface area contributed by atoms with Gasteiger partial charge in [0.1, 0.15) is 0 Å². The highest BCUT2D eigenvalue weighted by Crippen LogP contribution is 2.32. The van der Waals surface area contributed by atoms with Crippen LogP contribution in [0.3, 0.4) is 0 Å². The fourth-order valence-corrected chi connectivity index (χ4v) is 1.28. The maximum Gasteiger partial charge on any atom is 0.253 e. The molecule has 1 rings (SSSR count). The Kier molecular flexibility index (Phi) is 9.47. The van der Waals surface area contributed by atoms with Gasteiger partial charge in [-0.2, -0.15) is 0 Å². The average molecular weight is 209 g/mol. The van der Waals surface area contributed by atoms with Crippen LogP contribution in [0.4, 0.5) is 8.78 Å². The molecule has 1 aliphatic rings. The van der Waals surface area contributed by atoms with Crippen LogP contribution >= 0.6 is 0 Å². The minimum absolute atomic E-state index is 0.0185. The van der Waals surface area contributed by atoms with Gasteiger partial charge in [0, 0.05) is 25.4 Å². The van der Waals surface area contributed by atoms with E-state index >= 15 is 0 Å². The fraction of sp³-hybridized carbons (Fsp3) is 1.00. The Morgan fingerprint density at radius 2 is 1.57 bits per heavy atom. The van der Waals surface area contributed by atoms with Crippen LogP contribution in [0.15, 0.2) is 0 Å². The van der Waals surface area contributed by atoms with Gasteiger partial charge in [-0.3, -0.25) is 0 Å². The third-order valence-electron chi connectivity index (χ3n) is 2.13. The first-order valence-electron chi connectivity index (χ1n) is 5.59. The van der Waals surface area contributed by atoms with E-state index in [1.807, 2.05) is 39.6 Å². The molecule has 1 fully saturated rings. The first-order chi connectivity index (χ1) is 6.52. The lowest BCUT2D eigenvalue weighted by Gasteiger charge is -2.34. The lowest BCUT2D eigenvalue weighted by molar-refractivity contribution is -0.0945. The van der Waals surface area contributed by atoms with Gasteiger partial charge in [0.05, 0.1) is 0 Å². The van der Waals surface area contributed by atoms with Crippen molar-refractivity contribution in [3.63, 3.8) is 0 Å². The minimum atomic E-state index is -2.42. The second-order valence-electron chi connectivity index (χ2n) is 3.17. The van der Waals surface area contributed by atoms with Gasteiger partial charge in [0.25, 0.3) is 5.92 Å². The van der Waals surface area contributed by atoms with E-state index in [-0.39, 0.29) is 6.42 Å². The van der Waals surface area contributed by atoms with Gasteiger partial charge in [0.2, 0.25) is 0 Å². The third kappa shape index (κ3) is 5.53. The molecule has 1 heterocycles. The summed E-state index contributed by atoms with van der Waals surface area (Å²) in [5.41, 5.74) is 0. The molecule has 0 aliphatic carbocycles. The van der Waals surface area contributed by atoms with Crippen LogP contribution in [0.5, 0.6) is 0 Å². The molecule has 0 saturated carbocycles. The number of rotatable bonds is 0. The van der Waals surface area contributed by atoms with Crippen molar-refractivity contribution in [1.29, 1.82) is 0 Å². The molecule has 1 nitrogen and oxygen atoms in total. The Labute approximate surface area is 87.5 Å². The fourth-order valence-electron chi connectivity index (χ4n) is 1.28. The van der Waals surface area contributed by atoms with E-state index in [1.54, 1.807) is 6.92 Å². The predicted molar refractivity (Wildman–Crippen MR) is 58.9 cm³/mol. The molecule has 3 heteroatoms. The van der Waals surface area contributed by atoms with Crippen LogP contribution < -0.4 is 0 Å². The predicted octanol–water partition coefficient (Wildman–Crippen LogP) is 3.65. The lowest BCUT2D eigenvalue weighted by Crippen LogP contribution is -2.43. The van der Waals surface area contributed by atoms with Gasteiger partial charge < -0.3 is 4.90 Å². The molecule has 0 N–H and O–H groups in total. The quantitative estimate of drug-likeness (QED) is 0.588. The van der Waals surface area contributed by atoms with Crippen LogP contribution in [-0.2, 0) is 0 Å². The zero-order valence-corrected chi connectivity index (χ0v) is 10.4. The van der Waals surface area contributed by atoms with E-state index in [0.29, 0.717) is 13.1 Å². The van der Waals surface area contributed by atoms with Gasteiger partial charge in [-0.05, 0) is 7.05 Å². The highest BCUT2D eigenvalue weighted by Gasteiger charge is 2.39. The van der Waals surface area contributed by atoms with E-state index in [2.05, 4.69) is 0 Å². The molecule has 14 heavy (non-hydrogen) atoms. The van der Waals surface area contributed by atoms with Gasteiger partial charge in [-0.1, -0.05) is 34.6 Å².